The number of anilines is 1. The van der Waals surface area contributed by atoms with Gasteiger partial charge in [0.15, 0.2) is 11.6 Å². The molecule has 3 heterocycles. The highest BCUT2D eigenvalue weighted by Crippen LogP contribution is 2.42. The van der Waals surface area contributed by atoms with Gasteiger partial charge in [0.1, 0.15) is 0 Å². The summed E-state index contributed by atoms with van der Waals surface area (Å²) in [7, 11) is 0. The largest absolute Gasteiger partial charge is 0.421 e. The van der Waals surface area contributed by atoms with Crippen LogP contribution >= 0.6 is 0 Å². The summed E-state index contributed by atoms with van der Waals surface area (Å²) in [5.74, 6) is -1.27. The molecule has 0 atom stereocenters. The number of amides is 1. The van der Waals surface area contributed by atoms with Crippen molar-refractivity contribution in [2.75, 3.05) is 12.3 Å². The topological polar surface area (TPSA) is 118 Å². The lowest BCUT2D eigenvalue weighted by atomic mass is 9.96. The Morgan fingerprint density at radius 2 is 1.91 bits per heavy atom. The van der Waals surface area contributed by atoms with Gasteiger partial charge in [0.2, 0.25) is 0 Å². The van der Waals surface area contributed by atoms with Gasteiger partial charge in [-0.15, -0.1) is 0 Å². The molecule has 8 nitrogen and oxygen atoms in total. The molecule has 5 rings (SSSR count). The summed E-state index contributed by atoms with van der Waals surface area (Å²) in [5, 5.41) is 0. The Hall–Kier alpha value is -4.24. The molecule has 0 unspecified atom stereocenters. The van der Waals surface area contributed by atoms with Crippen molar-refractivity contribution >= 4 is 11.6 Å². The zero-order valence-corrected chi connectivity index (χ0v) is 18.4. The average Bonchev–Trinajstić information content (AvgIpc) is 3.16. The number of rotatable bonds is 5. The molecular formula is C25H22FN5O3. The number of nitrogens with two attached hydrogens (primary N) is 2. The number of primary amides is 1. The summed E-state index contributed by atoms with van der Waals surface area (Å²) >= 11 is 0. The molecule has 0 aliphatic carbocycles. The van der Waals surface area contributed by atoms with Crippen LogP contribution in [-0.2, 0) is 17.9 Å². The van der Waals surface area contributed by atoms with Crippen molar-refractivity contribution in [1.29, 1.82) is 0 Å². The molecule has 1 aliphatic heterocycles. The molecule has 1 amide bonds. The van der Waals surface area contributed by atoms with Gasteiger partial charge in [-0.1, -0.05) is 18.2 Å². The van der Waals surface area contributed by atoms with E-state index in [9.17, 15) is 4.79 Å². The van der Waals surface area contributed by atoms with Crippen LogP contribution in [0.2, 0.25) is 0 Å². The minimum Gasteiger partial charge on any atom is -0.421 e. The Kier molecular flexibility index (Phi) is 5.46. The predicted molar refractivity (Wildman–Crippen MR) is 125 cm³/mol. The van der Waals surface area contributed by atoms with Crippen LogP contribution in [0, 0.1) is 12.7 Å². The van der Waals surface area contributed by atoms with E-state index in [4.69, 9.17) is 20.9 Å². The van der Waals surface area contributed by atoms with Crippen LogP contribution < -0.4 is 16.2 Å². The summed E-state index contributed by atoms with van der Waals surface area (Å²) in [6.45, 7) is 3.04. The number of hydrogen-bond donors (Lipinski definition) is 2. The maximum Gasteiger partial charge on any atom is 0.322 e. The second-order valence-corrected chi connectivity index (χ2v) is 7.96. The molecule has 2 aromatic heterocycles. The molecule has 172 valence electrons. The fourth-order valence-corrected chi connectivity index (χ4v) is 4.19. The molecule has 0 saturated heterocycles. The Morgan fingerprint density at radius 3 is 2.62 bits per heavy atom. The van der Waals surface area contributed by atoms with Crippen molar-refractivity contribution in [3.8, 4) is 34.1 Å². The van der Waals surface area contributed by atoms with E-state index in [2.05, 4.69) is 9.97 Å². The molecule has 0 bridgehead atoms. The number of ether oxygens (including phenoxy) is 2. The van der Waals surface area contributed by atoms with E-state index in [0.29, 0.717) is 46.9 Å². The van der Waals surface area contributed by atoms with E-state index in [1.165, 1.54) is 18.3 Å². The van der Waals surface area contributed by atoms with Crippen LogP contribution in [0.15, 0.2) is 54.7 Å². The molecule has 1 aliphatic rings. The minimum atomic E-state index is -0.623. The van der Waals surface area contributed by atoms with Crippen LogP contribution in [0.1, 0.15) is 21.7 Å². The first-order valence-electron chi connectivity index (χ1n) is 10.7. The van der Waals surface area contributed by atoms with E-state index < -0.39 is 11.7 Å². The molecule has 4 N–H and O–H groups in total. The Labute approximate surface area is 195 Å². The first-order chi connectivity index (χ1) is 16.4. The molecule has 0 radical (unpaired) electrons. The number of halogens is 1. The monoisotopic (exact) mass is 459 g/mol. The molecule has 9 heteroatoms. The van der Waals surface area contributed by atoms with Gasteiger partial charge < -0.3 is 25.5 Å². The number of carbonyl (C=O) groups excluding carboxylic acids is 1. The van der Waals surface area contributed by atoms with Crippen LogP contribution in [-0.4, -0.2) is 27.0 Å². The lowest BCUT2D eigenvalue weighted by Crippen LogP contribution is -2.21. The van der Waals surface area contributed by atoms with Crippen molar-refractivity contribution in [3.05, 3.63) is 77.5 Å². The van der Waals surface area contributed by atoms with Gasteiger partial charge in [-0.25, -0.2) is 14.4 Å². The maximum absolute atomic E-state index is 15.2. The number of aromatic nitrogens is 3. The van der Waals surface area contributed by atoms with Crippen molar-refractivity contribution in [2.24, 2.45) is 5.73 Å². The fourth-order valence-electron chi connectivity index (χ4n) is 4.19. The Bertz CT molecular complexity index is 1400. The third-order valence-electron chi connectivity index (χ3n) is 5.69. The quantitative estimate of drug-likeness (QED) is 0.435. The smallest absolute Gasteiger partial charge is 0.322 e. The van der Waals surface area contributed by atoms with E-state index in [1.54, 1.807) is 31.2 Å². The third kappa shape index (κ3) is 3.86. The van der Waals surface area contributed by atoms with Crippen LogP contribution in [0.25, 0.3) is 22.4 Å². The summed E-state index contributed by atoms with van der Waals surface area (Å²) < 4.78 is 28.3. The second-order valence-electron chi connectivity index (χ2n) is 7.96. The van der Waals surface area contributed by atoms with Crippen LogP contribution in [0.4, 0.5) is 10.1 Å². The molecule has 4 aromatic rings. The predicted octanol–water partition coefficient (Wildman–Crippen LogP) is 4.06. The van der Waals surface area contributed by atoms with Crippen molar-refractivity contribution in [2.45, 2.75) is 20.1 Å². The number of aryl methyl sites for hydroxylation is 1. The Morgan fingerprint density at radius 1 is 1.15 bits per heavy atom. The van der Waals surface area contributed by atoms with Gasteiger partial charge in [0.25, 0.3) is 5.91 Å². The number of hydrogen-bond acceptors (Lipinski definition) is 6. The zero-order valence-electron chi connectivity index (χ0n) is 18.4. The second kappa shape index (κ2) is 8.60. The molecule has 0 spiro atoms. The third-order valence-corrected chi connectivity index (χ3v) is 5.69. The molecule has 2 aromatic carbocycles. The highest BCUT2D eigenvalue weighted by molar-refractivity contribution is 6.05. The summed E-state index contributed by atoms with van der Waals surface area (Å²) in [6.07, 6.45) is 1.54. The number of nitrogen functional groups attached to an aromatic ring is 1. The van der Waals surface area contributed by atoms with Crippen molar-refractivity contribution < 1.29 is 18.7 Å². The highest BCUT2D eigenvalue weighted by atomic mass is 19.1. The van der Waals surface area contributed by atoms with Gasteiger partial charge in [0.05, 0.1) is 30.2 Å². The van der Waals surface area contributed by atoms with Crippen molar-refractivity contribution in [1.82, 2.24) is 14.5 Å². The van der Waals surface area contributed by atoms with Gasteiger partial charge >= 0.3 is 6.01 Å². The number of nitrogens with zero attached hydrogens (tertiary/aromatic N) is 3. The zero-order chi connectivity index (χ0) is 23.8. The molecule has 0 fully saturated rings. The first-order valence-corrected chi connectivity index (χ1v) is 10.7. The number of fused-ring (bicyclic) bond motifs is 1. The van der Waals surface area contributed by atoms with E-state index in [1.807, 2.05) is 16.7 Å². The van der Waals surface area contributed by atoms with Crippen molar-refractivity contribution in [3.63, 3.8) is 0 Å². The minimum absolute atomic E-state index is 0.0312. The average molecular weight is 459 g/mol. The van der Waals surface area contributed by atoms with Gasteiger partial charge in [0, 0.05) is 29.7 Å². The summed E-state index contributed by atoms with van der Waals surface area (Å²) in [4.78, 5) is 20.7. The maximum atomic E-state index is 15.2. The molecular weight excluding hydrogens is 437 g/mol. The van der Waals surface area contributed by atoms with Crippen LogP contribution in [0.3, 0.4) is 0 Å². The van der Waals surface area contributed by atoms with Gasteiger partial charge in [-0.2, -0.15) is 0 Å². The van der Waals surface area contributed by atoms with E-state index >= 15 is 4.39 Å². The summed E-state index contributed by atoms with van der Waals surface area (Å²) in [6, 6.07) is 13.5. The van der Waals surface area contributed by atoms with E-state index in [-0.39, 0.29) is 18.4 Å². The van der Waals surface area contributed by atoms with Gasteiger partial charge in [-0.05, 0) is 48.4 Å². The number of benzene rings is 2. The first kappa shape index (κ1) is 21.6. The van der Waals surface area contributed by atoms with Crippen LogP contribution in [0.5, 0.6) is 11.8 Å². The normalized spacial score (nSPS) is 12.9. The lowest BCUT2D eigenvalue weighted by molar-refractivity contribution is 0.0827. The standard InChI is InChI=1S/C25H22FN5O3/c1-14-8-9-29-25(30-14)34-20-7-4-16(12-18(20)26)21-22(24(28)32)19-13-33-11-10-31(19)23(21)15-2-5-17(27)6-3-15/h2-9,12H,10-11,13,27H2,1H3,(H2,28,32). The van der Waals surface area contributed by atoms with E-state index in [0.717, 1.165) is 11.3 Å². The number of carbonyl (C=O) groups is 1. The highest BCUT2D eigenvalue weighted by Gasteiger charge is 2.30. The van der Waals surface area contributed by atoms with Gasteiger partial charge in [-0.3, -0.25) is 4.79 Å². The fraction of sp³-hybridized carbons (Fsp3) is 0.160. The Balaban J connectivity index is 1.67. The lowest BCUT2D eigenvalue weighted by Gasteiger charge is -2.19. The molecule has 34 heavy (non-hydrogen) atoms. The molecule has 0 saturated carbocycles. The summed E-state index contributed by atoms with van der Waals surface area (Å²) in [5.41, 5.74) is 16.6. The SMILES string of the molecule is Cc1ccnc(Oc2ccc(-c3c(C(N)=O)c4n(c3-c3ccc(N)cc3)CCOC4)cc2F)n1.